The van der Waals surface area contributed by atoms with Gasteiger partial charge in [0.25, 0.3) is 0 Å². The summed E-state index contributed by atoms with van der Waals surface area (Å²) in [7, 11) is -2.28. The van der Waals surface area contributed by atoms with E-state index in [0.29, 0.717) is 0 Å². The Morgan fingerprint density at radius 2 is 0.500 bits per heavy atom. The molecule has 0 aliphatic carbocycles. The molecule has 0 aliphatic rings. The van der Waals surface area contributed by atoms with Crippen molar-refractivity contribution < 1.29 is 44.8 Å². The first-order valence-corrected chi connectivity index (χ1v) is 27.3. The number of hydrogen-bond acceptors (Lipinski definition) is 0. The van der Waals surface area contributed by atoms with Gasteiger partial charge >= 0.3 is 44.8 Å². The minimum absolute atomic E-state index is 0. The van der Waals surface area contributed by atoms with Crippen LogP contribution in [0.15, 0.2) is 279 Å². The number of fused-ring (bicyclic) bond motifs is 10. The van der Waals surface area contributed by atoms with Crippen LogP contribution in [0.3, 0.4) is 0 Å². The van der Waals surface area contributed by atoms with E-state index in [1.807, 2.05) is 24.3 Å². The first-order valence-electron chi connectivity index (χ1n) is 24.3. The fourth-order valence-corrected chi connectivity index (χ4v) is 16.2. The summed E-state index contributed by atoms with van der Waals surface area (Å²) in [4.78, 5) is 0. The number of benzene rings is 13. The molecule has 13 rings (SSSR count). The van der Waals surface area contributed by atoms with Crippen LogP contribution >= 0.6 is 15.8 Å². The molecule has 0 fully saturated rings. The molecule has 4 heteroatoms. The quantitative estimate of drug-likeness (QED) is 0.0512. The second-order valence-electron chi connectivity index (χ2n) is 17.7. The Bertz CT molecular complexity index is 3780. The molecule has 0 N–H and O–H groups in total. The van der Waals surface area contributed by atoms with Crippen LogP contribution in [0, 0.1) is 24.7 Å². The van der Waals surface area contributed by atoms with E-state index in [-0.39, 0.29) is 44.8 Å². The molecular weight excluding hydrogens is 1210 g/mol. The summed E-state index contributed by atoms with van der Waals surface area (Å²) in [5.41, 5.74) is 1.70. The molecule has 13 aromatic rings. The van der Waals surface area contributed by atoms with Crippen LogP contribution in [-0.2, 0) is 44.8 Å². The molecule has 0 amide bonds. The molecule has 74 heavy (non-hydrogen) atoms. The van der Waals surface area contributed by atoms with Gasteiger partial charge in [-0.1, -0.05) is 217 Å². The Morgan fingerprint density at radius 1 is 0.243 bits per heavy atom. The van der Waals surface area contributed by atoms with E-state index in [4.69, 9.17) is 12.8 Å². The Morgan fingerprint density at radius 3 is 0.824 bits per heavy atom. The maximum atomic E-state index is 7.56. The van der Waals surface area contributed by atoms with Crippen LogP contribution in [0.2, 0.25) is 0 Å². The van der Waals surface area contributed by atoms with Gasteiger partial charge in [-0.25, -0.2) is 0 Å². The van der Waals surface area contributed by atoms with Crippen LogP contribution in [0.4, 0.5) is 0 Å². The van der Waals surface area contributed by atoms with Crippen LogP contribution in [-0.4, -0.2) is 0 Å². The van der Waals surface area contributed by atoms with Gasteiger partial charge in [0.2, 0.25) is 0 Å². The van der Waals surface area contributed by atoms with Gasteiger partial charge in [0.1, 0.15) is 47.7 Å². The van der Waals surface area contributed by atoms with Crippen molar-refractivity contribution in [2.75, 3.05) is 0 Å². The van der Waals surface area contributed by atoms with Gasteiger partial charge in [-0.05, 0) is 115 Å². The van der Waals surface area contributed by atoms with Crippen molar-refractivity contribution in [3.63, 3.8) is 0 Å². The molecule has 0 heterocycles. The van der Waals surface area contributed by atoms with Gasteiger partial charge < -0.3 is 12.8 Å². The normalized spacial score (nSPS) is 10.7. The predicted molar refractivity (Wildman–Crippen MR) is 317 cm³/mol. The summed E-state index contributed by atoms with van der Waals surface area (Å²) in [5.74, 6) is 5.15. The third-order valence-corrected chi connectivity index (χ3v) is 19.4. The van der Waals surface area contributed by atoms with E-state index in [0.717, 1.165) is 21.9 Å². The fraction of sp³-hybridized carbons (Fsp3) is 0. The minimum atomic E-state index is -1.14. The summed E-state index contributed by atoms with van der Waals surface area (Å²) in [6, 6.07) is 99.5. The maximum Gasteiger partial charge on any atom is 1.00 e. The monoisotopic (exact) mass is 1250 g/mol. The zero-order valence-electron chi connectivity index (χ0n) is 40.2. The molecule has 0 bridgehead atoms. The second-order valence-corrected chi connectivity index (χ2v) is 22.6. The Balaban J connectivity index is 0.000000140. The summed E-state index contributed by atoms with van der Waals surface area (Å²) < 4.78 is 0. The van der Waals surface area contributed by atoms with E-state index in [1.165, 1.54) is 85.7 Å². The first kappa shape index (κ1) is 51.8. The molecule has 0 spiro atoms. The Labute approximate surface area is 468 Å². The summed E-state index contributed by atoms with van der Waals surface area (Å²) in [6.07, 6.45) is 15.1. The average Bonchev–Trinajstić information content (AvgIpc) is 3.47. The molecule has 0 saturated carbocycles. The van der Waals surface area contributed by atoms with E-state index in [9.17, 15) is 0 Å². The van der Waals surface area contributed by atoms with Gasteiger partial charge in [0, 0.05) is 0 Å². The van der Waals surface area contributed by atoms with Gasteiger partial charge in [0.15, 0.2) is 0 Å². The van der Waals surface area contributed by atoms with Crippen molar-refractivity contribution in [2.24, 2.45) is 0 Å². The third kappa shape index (κ3) is 10.6. The van der Waals surface area contributed by atoms with Gasteiger partial charge in [0.05, 0.1) is 0 Å². The molecule has 0 unspecified atom stereocenters. The molecule has 358 valence electrons. The van der Waals surface area contributed by atoms with Crippen molar-refractivity contribution in [3.8, 4) is 11.8 Å². The van der Waals surface area contributed by atoms with Crippen molar-refractivity contribution in [3.05, 3.63) is 303 Å². The number of rotatable bonds is 6. The molecule has 0 radical (unpaired) electrons. The van der Waals surface area contributed by atoms with Crippen LogP contribution < -0.4 is 31.8 Å². The summed E-state index contributed by atoms with van der Waals surface area (Å²) in [6.45, 7) is 0. The van der Waals surface area contributed by atoms with E-state index in [1.54, 1.807) is 0 Å². The second kappa shape index (κ2) is 24.3. The van der Waals surface area contributed by atoms with E-state index < -0.39 is 15.8 Å². The zero-order chi connectivity index (χ0) is 48.6. The largest absolute Gasteiger partial charge is 1.00 e. The Kier molecular flexibility index (Phi) is 17.0. The van der Waals surface area contributed by atoms with Crippen LogP contribution in [0.1, 0.15) is 11.1 Å². The topological polar surface area (TPSA) is 0 Å². The number of hydrogen-bond donors (Lipinski definition) is 0. The SMILES string of the molecule is [Ag+].[Au+].[C-]#Cc1cc2c3ccccc3ccc2c2ccccc12.[C-]#Cc1cc2c3ccccc3ccc2c2ccccc12.c1ccc([PH+](c2ccccc2)c2ccccc2[PH+](c2ccccc2)c2ccccc2)cc1. The maximum absolute atomic E-state index is 7.56. The average molecular weight is 1260 g/mol. The van der Waals surface area contributed by atoms with Crippen molar-refractivity contribution >= 4 is 112 Å². The minimum Gasteiger partial charge on any atom is -0.366 e. The van der Waals surface area contributed by atoms with E-state index >= 15 is 0 Å². The Hall–Kier alpha value is -7.12. The first-order chi connectivity index (χ1) is 35.7. The third-order valence-electron chi connectivity index (χ3n) is 13.5. The van der Waals surface area contributed by atoms with Crippen molar-refractivity contribution in [1.82, 2.24) is 0 Å². The smallest absolute Gasteiger partial charge is 0.366 e. The van der Waals surface area contributed by atoms with Gasteiger partial charge in [-0.15, -0.1) is 23.3 Å². The van der Waals surface area contributed by atoms with Crippen LogP contribution in [0.5, 0.6) is 0 Å². The fourth-order valence-electron chi connectivity index (χ4n) is 10.2. The standard InChI is InChI=1S/C30H24P2.2C20H11.Ag.Au/c1-5-15-25(16-6-1)31(26-17-7-2-8-18-26)29-23-13-14-24-30(29)32(27-19-9-3-10-20-27)28-21-11-4-12-22-28;2*1-2-14-13-20-17-9-4-3-7-15(17)11-12-19(20)18-10-6-5-8-16(14)18;;/h1-24H;2*3-13H;;/q;2*-1;2*+1/p+2. The molecule has 0 saturated heterocycles. The molecule has 0 aliphatic heterocycles. The van der Waals surface area contributed by atoms with Crippen molar-refractivity contribution in [1.29, 1.82) is 0 Å². The summed E-state index contributed by atoms with van der Waals surface area (Å²) >= 11 is 0. The van der Waals surface area contributed by atoms with E-state index in [2.05, 4.69) is 267 Å². The summed E-state index contributed by atoms with van der Waals surface area (Å²) in [5, 5.41) is 23.0. The molecular formula is C70H48AgAuP2+2. The van der Waals surface area contributed by atoms with Crippen LogP contribution in [0.25, 0.3) is 64.6 Å². The molecule has 0 nitrogen and oxygen atoms in total. The van der Waals surface area contributed by atoms with Gasteiger partial charge in [-0.3, -0.25) is 11.8 Å². The molecule has 0 atom stereocenters. The zero-order valence-corrected chi connectivity index (χ0v) is 45.8. The molecule has 13 aromatic carbocycles. The van der Waals surface area contributed by atoms with Crippen molar-refractivity contribution in [2.45, 2.75) is 0 Å². The molecule has 0 aromatic heterocycles. The van der Waals surface area contributed by atoms with Gasteiger partial charge in [-0.2, -0.15) is 0 Å². The predicted octanol–water partition coefficient (Wildman–Crippen LogP) is 14.8.